The average molecular weight is 333 g/mol. The lowest BCUT2D eigenvalue weighted by Crippen LogP contribution is -2.39. The van der Waals surface area contributed by atoms with Gasteiger partial charge in [0.05, 0.1) is 34.4 Å². The van der Waals surface area contributed by atoms with Crippen molar-refractivity contribution in [2.75, 3.05) is 0 Å². The topological polar surface area (TPSA) is 141 Å². The van der Waals surface area contributed by atoms with Crippen molar-refractivity contribution in [1.29, 1.82) is 15.8 Å². The Labute approximate surface area is 144 Å². The molecule has 1 aromatic rings. The first-order chi connectivity index (χ1) is 12.0. The Morgan fingerprint density at radius 2 is 1.92 bits per heavy atom. The highest BCUT2D eigenvalue weighted by Crippen LogP contribution is 2.55. The molecule has 0 radical (unpaired) electrons. The third kappa shape index (κ3) is 2.49. The van der Waals surface area contributed by atoms with E-state index in [1.807, 2.05) is 12.1 Å². The molecule has 124 valence electrons. The summed E-state index contributed by atoms with van der Waals surface area (Å²) in [5.41, 5.74) is 5.22. The second-order valence-corrected chi connectivity index (χ2v) is 6.56. The normalized spacial score (nSPS) is 24.7. The van der Waals surface area contributed by atoms with Gasteiger partial charge in [-0.2, -0.15) is 15.8 Å². The molecule has 2 N–H and O–H groups in total. The van der Waals surface area contributed by atoms with Crippen molar-refractivity contribution in [3.63, 3.8) is 0 Å². The number of nitro groups is 1. The molecule has 0 aliphatic heterocycles. The molecule has 2 aliphatic rings. The van der Waals surface area contributed by atoms with Gasteiger partial charge in [-0.15, -0.1) is 0 Å². The van der Waals surface area contributed by atoms with Gasteiger partial charge in [-0.1, -0.05) is 12.1 Å². The predicted molar refractivity (Wildman–Crippen MR) is 87.2 cm³/mol. The molecule has 1 fully saturated rings. The molecule has 0 aromatic heterocycles. The SMILES string of the molecule is N#CC1=C(N)C(C#N)(C#N)C(c2cccc([N+](=O)[O-])c2)CC1C1CC1. The first kappa shape index (κ1) is 16.5. The van der Waals surface area contributed by atoms with Crippen molar-refractivity contribution < 1.29 is 4.92 Å². The number of allylic oxidation sites excluding steroid dienone is 2. The van der Waals surface area contributed by atoms with Crippen LogP contribution in [0.1, 0.15) is 30.7 Å². The quantitative estimate of drug-likeness (QED) is 0.666. The summed E-state index contributed by atoms with van der Waals surface area (Å²) >= 11 is 0. The molecule has 25 heavy (non-hydrogen) atoms. The molecule has 2 atom stereocenters. The van der Waals surface area contributed by atoms with Gasteiger partial charge in [-0.25, -0.2) is 0 Å². The van der Waals surface area contributed by atoms with Gasteiger partial charge in [-0.3, -0.25) is 10.1 Å². The smallest absolute Gasteiger partial charge is 0.269 e. The monoisotopic (exact) mass is 333 g/mol. The maximum Gasteiger partial charge on any atom is 0.269 e. The lowest BCUT2D eigenvalue weighted by Gasteiger charge is -2.38. The number of nitrogens with zero attached hydrogens (tertiary/aromatic N) is 4. The molecule has 7 heteroatoms. The van der Waals surface area contributed by atoms with Gasteiger partial charge in [0.15, 0.2) is 5.41 Å². The Bertz CT molecular complexity index is 881. The fourth-order valence-corrected chi connectivity index (χ4v) is 3.76. The summed E-state index contributed by atoms with van der Waals surface area (Å²) in [6, 6.07) is 12.1. The Morgan fingerprint density at radius 3 is 2.44 bits per heavy atom. The highest BCUT2D eigenvalue weighted by Gasteiger charge is 2.52. The summed E-state index contributed by atoms with van der Waals surface area (Å²) in [5.74, 6) is -0.390. The van der Waals surface area contributed by atoms with Crippen LogP contribution < -0.4 is 5.73 Å². The highest BCUT2D eigenvalue weighted by molar-refractivity contribution is 5.50. The molecular formula is C18H15N5O2. The summed E-state index contributed by atoms with van der Waals surface area (Å²) in [5, 5.41) is 40.1. The summed E-state index contributed by atoms with van der Waals surface area (Å²) in [4.78, 5) is 10.6. The van der Waals surface area contributed by atoms with E-state index in [0.29, 0.717) is 23.5 Å². The van der Waals surface area contributed by atoms with E-state index in [1.165, 1.54) is 12.1 Å². The van der Waals surface area contributed by atoms with Gasteiger partial charge in [0.1, 0.15) is 0 Å². The summed E-state index contributed by atoms with van der Waals surface area (Å²) < 4.78 is 0. The first-order valence-corrected chi connectivity index (χ1v) is 7.95. The standard InChI is InChI=1S/C18H15N5O2/c19-8-15-14(11-4-5-11)7-16(18(9-20,10-21)17(15)22)12-2-1-3-13(6-12)23(24)25/h1-3,6,11,14,16H,4-5,7,22H2. The minimum absolute atomic E-state index is 0.000318. The first-order valence-electron chi connectivity index (χ1n) is 7.95. The van der Waals surface area contributed by atoms with Crippen LogP contribution in [0.15, 0.2) is 35.5 Å². The molecule has 2 aliphatic carbocycles. The number of hydrogen-bond acceptors (Lipinski definition) is 6. The van der Waals surface area contributed by atoms with Crippen molar-refractivity contribution in [2.45, 2.75) is 25.2 Å². The van der Waals surface area contributed by atoms with Gasteiger partial charge in [0, 0.05) is 18.1 Å². The minimum Gasteiger partial charge on any atom is -0.399 e. The molecule has 0 heterocycles. The van der Waals surface area contributed by atoms with Crippen LogP contribution in [0.2, 0.25) is 0 Å². The van der Waals surface area contributed by atoms with Crippen LogP contribution in [0.25, 0.3) is 0 Å². The van der Waals surface area contributed by atoms with E-state index in [1.54, 1.807) is 12.1 Å². The minimum atomic E-state index is -1.69. The maximum atomic E-state index is 11.1. The van der Waals surface area contributed by atoms with Gasteiger partial charge in [-0.05, 0) is 36.7 Å². The Balaban J connectivity index is 2.18. The predicted octanol–water partition coefficient (Wildman–Crippen LogP) is 2.88. The molecular weight excluding hydrogens is 318 g/mol. The van der Waals surface area contributed by atoms with E-state index in [4.69, 9.17) is 5.73 Å². The number of nitro benzene ring substituents is 1. The molecule has 7 nitrogen and oxygen atoms in total. The Hall–Kier alpha value is -3.37. The summed E-state index contributed by atoms with van der Waals surface area (Å²) in [6.45, 7) is 0. The second kappa shape index (κ2) is 5.92. The zero-order valence-electron chi connectivity index (χ0n) is 13.3. The third-order valence-electron chi connectivity index (χ3n) is 5.25. The third-order valence-corrected chi connectivity index (χ3v) is 5.25. The number of non-ortho nitro benzene ring substituents is 1. The van der Waals surface area contributed by atoms with Crippen molar-refractivity contribution in [1.82, 2.24) is 0 Å². The molecule has 0 amide bonds. The number of nitriles is 3. The molecule has 1 aromatic carbocycles. The largest absolute Gasteiger partial charge is 0.399 e. The fourth-order valence-electron chi connectivity index (χ4n) is 3.76. The van der Waals surface area contributed by atoms with E-state index < -0.39 is 16.3 Å². The molecule has 3 rings (SSSR count). The van der Waals surface area contributed by atoms with Crippen LogP contribution in [0, 0.1) is 61.4 Å². The molecule has 1 saturated carbocycles. The summed E-state index contributed by atoms with van der Waals surface area (Å²) in [7, 11) is 0. The maximum absolute atomic E-state index is 11.1. The zero-order valence-corrected chi connectivity index (χ0v) is 13.3. The molecule has 0 saturated heterocycles. The zero-order chi connectivity index (χ0) is 18.2. The lowest BCUT2D eigenvalue weighted by molar-refractivity contribution is -0.384. The van der Waals surface area contributed by atoms with Crippen molar-refractivity contribution in [3.05, 3.63) is 51.2 Å². The number of rotatable bonds is 3. The average Bonchev–Trinajstić information content (AvgIpc) is 3.46. The van der Waals surface area contributed by atoms with E-state index in [9.17, 15) is 25.9 Å². The summed E-state index contributed by atoms with van der Waals surface area (Å²) in [6.07, 6.45) is 2.38. The van der Waals surface area contributed by atoms with Crippen molar-refractivity contribution in [2.24, 2.45) is 23.0 Å². The second-order valence-electron chi connectivity index (χ2n) is 6.56. The molecule has 0 spiro atoms. The Kier molecular flexibility index (Phi) is 3.91. The van der Waals surface area contributed by atoms with Crippen LogP contribution in [0.4, 0.5) is 5.69 Å². The van der Waals surface area contributed by atoms with Gasteiger partial charge in [0.2, 0.25) is 0 Å². The van der Waals surface area contributed by atoms with Crippen LogP contribution in [0.5, 0.6) is 0 Å². The van der Waals surface area contributed by atoms with E-state index in [-0.39, 0.29) is 17.3 Å². The van der Waals surface area contributed by atoms with E-state index in [2.05, 4.69) is 6.07 Å². The molecule has 2 unspecified atom stereocenters. The van der Waals surface area contributed by atoms with Crippen molar-refractivity contribution >= 4 is 5.69 Å². The highest BCUT2D eigenvalue weighted by atomic mass is 16.6. The number of hydrogen-bond donors (Lipinski definition) is 1. The van der Waals surface area contributed by atoms with Crippen LogP contribution in [-0.2, 0) is 0 Å². The van der Waals surface area contributed by atoms with Gasteiger partial charge >= 0.3 is 0 Å². The van der Waals surface area contributed by atoms with Crippen molar-refractivity contribution in [3.8, 4) is 18.2 Å². The fraction of sp³-hybridized carbons (Fsp3) is 0.389. The lowest BCUT2D eigenvalue weighted by atomic mass is 9.61. The van der Waals surface area contributed by atoms with Crippen LogP contribution in [0.3, 0.4) is 0 Å². The van der Waals surface area contributed by atoms with E-state index in [0.717, 1.165) is 12.8 Å². The van der Waals surface area contributed by atoms with Gasteiger partial charge < -0.3 is 5.73 Å². The van der Waals surface area contributed by atoms with E-state index >= 15 is 0 Å². The number of benzene rings is 1. The van der Waals surface area contributed by atoms with Crippen LogP contribution in [-0.4, -0.2) is 4.92 Å². The number of nitrogens with two attached hydrogens (primary N) is 1. The van der Waals surface area contributed by atoms with Crippen LogP contribution >= 0.6 is 0 Å². The Morgan fingerprint density at radius 1 is 1.24 bits per heavy atom. The van der Waals surface area contributed by atoms with Gasteiger partial charge in [0.25, 0.3) is 5.69 Å². The molecule has 0 bridgehead atoms.